The molecule has 2 aromatic rings. The number of amides is 1. The van der Waals surface area contributed by atoms with Gasteiger partial charge < -0.3 is 10.6 Å². The molecule has 1 aliphatic heterocycles. The highest BCUT2D eigenvalue weighted by Gasteiger charge is 2.22. The molecule has 1 aliphatic rings. The minimum absolute atomic E-state index is 0.136. The first-order chi connectivity index (χ1) is 8.79. The summed E-state index contributed by atoms with van der Waals surface area (Å²) >= 11 is 1.46. The standard InChI is InChI=1S/C12H10N4OS/c1-13-10-9-12(15-6-14-10)18-8-5-3-2-4-7(8)11(17)16-9/h2-6H,1H3,(H,16,17)(H,13,14,15). The Bertz CT molecular complexity index is 629. The van der Waals surface area contributed by atoms with Crippen molar-refractivity contribution in [3.05, 3.63) is 36.2 Å². The molecule has 0 atom stereocenters. The van der Waals surface area contributed by atoms with E-state index in [9.17, 15) is 4.79 Å². The molecule has 2 heterocycles. The number of fused-ring (bicyclic) bond motifs is 2. The zero-order valence-corrected chi connectivity index (χ0v) is 10.4. The minimum Gasteiger partial charge on any atom is -0.371 e. The first kappa shape index (κ1) is 11.0. The lowest BCUT2D eigenvalue weighted by atomic mass is 10.2. The lowest BCUT2D eigenvalue weighted by molar-refractivity contribution is 0.102. The van der Waals surface area contributed by atoms with Crippen LogP contribution >= 0.6 is 11.8 Å². The van der Waals surface area contributed by atoms with Crippen LogP contribution in [0.3, 0.4) is 0 Å². The van der Waals surface area contributed by atoms with Gasteiger partial charge in [-0.1, -0.05) is 23.9 Å². The second kappa shape index (κ2) is 4.30. The molecule has 18 heavy (non-hydrogen) atoms. The first-order valence-electron chi connectivity index (χ1n) is 5.40. The first-order valence-corrected chi connectivity index (χ1v) is 6.22. The summed E-state index contributed by atoms with van der Waals surface area (Å²) in [6, 6.07) is 7.47. The average Bonchev–Trinajstić information content (AvgIpc) is 2.54. The summed E-state index contributed by atoms with van der Waals surface area (Å²) in [5.41, 5.74) is 1.29. The van der Waals surface area contributed by atoms with Gasteiger partial charge in [-0.3, -0.25) is 4.79 Å². The summed E-state index contributed by atoms with van der Waals surface area (Å²) < 4.78 is 0. The Hall–Kier alpha value is -2.08. The Balaban J connectivity index is 2.18. The van der Waals surface area contributed by atoms with E-state index in [0.29, 0.717) is 17.1 Å². The van der Waals surface area contributed by atoms with E-state index in [2.05, 4.69) is 20.6 Å². The van der Waals surface area contributed by atoms with Crippen molar-refractivity contribution in [3.8, 4) is 0 Å². The summed E-state index contributed by atoms with van der Waals surface area (Å²) in [6.45, 7) is 0. The summed E-state index contributed by atoms with van der Waals surface area (Å²) in [5.74, 6) is 0.483. The van der Waals surface area contributed by atoms with E-state index in [-0.39, 0.29) is 5.91 Å². The maximum absolute atomic E-state index is 12.1. The molecule has 5 nitrogen and oxygen atoms in total. The summed E-state index contributed by atoms with van der Waals surface area (Å²) in [5, 5.41) is 6.55. The lowest BCUT2D eigenvalue weighted by Gasteiger charge is -2.09. The minimum atomic E-state index is -0.136. The van der Waals surface area contributed by atoms with Gasteiger partial charge in [-0.2, -0.15) is 0 Å². The van der Waals surface area contributed by atoms with Crippen LogP contribution in [0.25, 0.3) is 0 Å². The van der Waals surface area contributed by atoms with Crippen LogP contribution in [0.5, 0.6) is 0 Å². The van der Waals surface area contributed by atoms with Gasteiger partial charge >= 0.3 is 0 Å². The van der Waals surface area contributed by atoms with E-state index in [1.54, 1.807) is 13.1 Å². The molecule has 1 amide bonds. The third-order valence-electron chi connectivity index (χ3n) is 2.63. The summed E-state index contributed by atoms with van der Waals surface area (Å²) in [6.07, 6.45) is 1.48. The molecular weight excluding hydrogens is 248 g/mol. The van der Waals surface area contributed by atoms with E-state index >= 15 is 0 Å². The van der Waals surface area contributed by atoms with Crippen LogP contribution in [0, 0.1) is 0 Å². The van der Waals surface area contributed by atoms with Crippen molar-refractivity contribution in [2.45, 2.75) is 9.92 Å². The molecule has 6 heteroatoms. The van der Waals surface area contributed by atoms with Gasteiger partial charge in [0, 0.05) is 11.9 Å². The summed E-state index contributed by atoms with van der Waals surface area (Å²) in [7, 11) is 1.76. The number of aromatic nitrogens is 2. The van der Waals surface area contributed by atoms with Crippen LogP contribution < -0.4 is 10.6 Å². The van der Waals surface area contributed by atoms with Crippen LogP contribution in [-0.4, -0.2) is 22.9 Å². The molecule has 2 N–H and O–H groups in total. The molecule has 0 spiro atoms. The topological polar surface area (TPSA) is 66.9 Å². The molecule has 0 saturated heterocycles. The molecule has 0 radical (unpaired) electrons. The summed E-state index contributed by atoms with van der Waals surface area (Å²) in [4.78, 5) is 21.3. The van der Waals surface area contributed by atoms with Gasteiger partial charge in [-0.15, -0.1) is 0 Å². The monoisotopic (exact) mass is 258 g/mol. The van der Waals surface area contributed by atoms with Crippen molar-refractivity contribution in [1.29, 1.82) is 0 Å². The Morgan fingerprint density at radius 1 is 1.28 bits per heavy atom. The molecule has 0 unspecified atom stereocenters. The third kappa shape index (κ3) is 1.70. The normalized spacial score (nSPS) is 13.1. The Kier molecular flexibility index (Phi) is 2.64. The fourth-order valence-corrected chi connectivity index (χ4v) is 2.75. The molecule has 1 aromatic carbocycles. The smallest absolute Gasteiger partial charge is 0.256 e. The van der Waals surface area contributed by atoms with Gasteiger partial charge in [0.15, 0.2) is 5.82 Å². The highest BCUT2D eigenvalue weighted by atomic mass is 32.2. The second-order valence-corrected chi connectivity index (χ2v) is 4.74. The van der Waals surface area contributed by atoms with E-state index in [1.807, 2.05) is 18.2 Å². The lowest BCUT2D eigenvalue weighted by Crippen LogP contribution is -2.13. The van der Waals surface area contributed by atoms with Gasteiger partial charge in [0.1, 0.15) is 17.0 Å². The van der Waals surface area contributed by atoms with Crippen molar-refractivity contribution in [1.82, 2.24) is 9.97 Å². The Labute approximate surface area is 108 Å². The van der Waals surface area contributed by atoms with Gasteiger partial charge in [0.25, 0.3) is 5.91 Å². The molecule has 3 rings (SSSR count). The zero-order valence-electron chi connectivity index (χ0n) is 9.60. The van der Waals surface area contributed by atoms with Gasteiger partial charge in [-0.05, 0) is 12.1 Å². The molecule has 0 bridgehead atoms. The Morgan fingerprint density at radius 3 is 2.94 bits per heavy atom. The van der Waals surface area contributed by atoms with Crippen LogP contribution in [0.2, 0.25) is 0 Å². The quantitative estimate of drug-likeness (QED) is 0.768. The van der Waals surface area contributed by atoms with Crippen molar-refractivity contribution in [2.75, 3.05) is 17.7 Å². The molecule has 0 saturated carbocycles. The molecule has 0 fully saturated rings. The highest BCUT2D eigenvalue weighted by molar-refractivity contribution is 7.99. The van der Waals surface area contributed by atoms with Crippen molar-refractivity contribution in [3.63, 3.8) is 0 Å². The molecule has 90 valence electrons. The number of benzene rings is 1. The van der Waals surface area contributed by atoms with Crippen LogP contribution in [0.4, 0.5) is 11.5 Å². The highest BCUT2D eigenvalue weighted by Crippen LogP contribution is 2.39. The van der Waals surface area contributed by atoms with Crippen molar-refractivity contribution < 1.29 is 4.79 Å². The maximum atomic E-state index is 12.1. The fourth-order valence-electron chi connectivity index (χ4n) is 1.78. The number of rotatable bonds is 1. The van der Waals surface area contributed by atoms with Gasteiger partial charge in [0.2, 0.25) is 0 Å². The second-order valence-electron chi connectivity index (χ2n) is 3.70. The number of nitrogens with one attached hydrogen (secondary N) is 2. The predicted octanol–water partition coefficient (Wildman–Crippen LogP) is 2.24. The largest absolute Gasteiger partial charge is 0.371 e. The average molecular weight is 258 g/mol. The van der Waals surface area contributed by atoms with Crippen LogP contribution in [0.15, 0.2) is 40.5 Å². The number of carbonyl (C=O) groups excluding carboxylic acids is 1. The number of carbonyl (C=O) groups is 1. The van der Waals surface area contributed by atoms with Crippen molar-refractivity contribution in [2.24, 2.45) is 0 Å². The van der Waals surface area contributed by atoms with Crippen LogP contribution in [-0.2, 0) is 0 Å². The third-order valence-corrected chi connectivity index (χ3v) is 3.70. The van der Waals surface area contributed by atoms with E-state index in [0.717, 1.165) is 9.92 Å². The van der Waals surface area contributed by atoms with Gasteiger partial charge in [-0.25, -0.2) is 9.97 Å². The number of hydrogen-bond acceptors (Lipinski definition) is 5. The number of nitrogens with zero attached hydrogens (tertiary/aromatic N) is 2. The van der Waals surface area contributed by atoms with Gasteiger partial charge in [0.05, 0.1) is 5.56 Å². The molecular formula is C12H10N4OS. The molecule has 1 aromatic heterocycles. The van der Waals surface area contributed by atoms with E-state index in [1.165, 1.54) is 18.1 Å². The predicted molar refractivity (Wildman–Crippen MR) is 70.1 cm³/mol. The van der Waals surface area contributed by atoms with Crippen LogP contribution in [0.1, 0.15) is 10.4 Å². The number of anilines is 2. The Morgan fingerprint density at radius 2 is 2.11 bits per heavy atom. The maximum Gasteiger partial charge on any atom is 0.256 e. The van der Waals surface area contributed by atoms with E-state index in [4.69, 9.17) is 0 Å². The van der Waals surface area contributed by atoms with Crippen molar-refractivity contribution >= 4 is 29.2 Å². The SMILES string of the molecule is CNc1ncnc2c1NC(=O)c1ccccc1S2. The van der Waals surface area contributed by atoms with E-state index < -0.39 is 0 Å². The zero-order chi connectivity index (χ0) is 12.5. The number of hydrogen-bond donors (Lipinski definition) is 2. The molecule has 0 aliphatic carbocycles. The fraction of sp³-hybridized carbons (Fsp3) is 0.0833.